The summed E-state index contributed by atoms with van der Waals surface area (Å²) in [7, 11) is -3.74. The molecule has 0 aromatic heterocycles. The van der Waals surface area contributed by atoms with Crippen molar-refractivity contribution in [2.24, 2.45) is 0 Å². The number of rotatable bonds is 6. The molecule has 2 aromatic carbocycles. The molecule has 154 valence electrons. The van der Waals surface area contributed by atoms with Gasteiger partial charge in [-0.2, -0.15) is 4.31 Å². The third-order valence-corrected chi connectivity index (χ3v) is 6.74. The molecule has 0 aliphatic carbocycles. The maximum absolute atomic E-state index is 13.1. The molecule has 1 saturated heterocycles. The van der Waals surface area contributed by atoms with E-state index in [4.69, 9.17) is 14.2 Å². The SMILES string of the molecule is CCOc1ccc(C(=O)Nc2ccc3c(c2)OCO3)cc1S(=O)(=O)N1CCCC1. The maximum Gasteiger partial charge on any atom is 0.255 e. The lowest BCUT2D eigenvalue weighted by Gasteiger charge is -2.19. The molecule has 0 unspecified atom stereocenters. The van der Waals surface area contributed by atoms with Crippen molar-refractivity contribution in [1.29, 1.82) is 0 Å². The number of nitrogens with zero attached hydrogens (tertiary/aromatic N) is 1. The number of fused-ring (bicyclic) bond motifs is 1. The zero-order valence-corrected chi connectivity index (χ0v) is 16.8. The minimum atomic E-state index is -3.74. The first-order valence-corrected chi connectivity index (χ1v) is 10.9. The molecule has 1 amide bonds. The molecule has 0 atom stereocenters. The Hall–Kier alpha value is -2.78. The molecule has 0 spiro atoms. The van der Waals surface area contributed by atoms with Gasteiger partial charge in [0.15, 0.2) is 11.5 Å². The predicted octanol–water partition coefficient (Wildman–Crippen LogP) is 2.85. The van der Waals surface area contributed by atoms with E-state index in [0.717, 1.165) is 12.8 Å². The number of sulfonamides is 1. The van der Waals surface area contributed by atoms with E-state index < -0.39 is 15.9 Å². The van der Waals surface area contributed by atoms with Crippen LogP contribution in [0.5, 0.6) is 17.2 Å². The van der Waals surface area contributed by atoms with Crippen LogP contribution < -0.4 is 19.5 Å². The molecule has 9 heteroatoms. The number of ether oxygens (including phenoxy) is 3. The average molecular weight is 418 g/mol. The van der Waals surface area contributed by atoms with Crippen LogP contribution in [-0.2, 0) is 10.0 Å². The molecule has 2 heterocycles. The summed E-state index contributed by atoms with van der Waals surface area (Å²) in [6.45, 7) is 3.20. The van der Waals surface area contributed by atoms with Crippen LogP contribution in [0, 0.1) is 0 Å². The lowest BCUT2D eigenvalue weighted by atomic mass is 10.2. The summed E-state index contributed by atoms with van der Waals surface area (Å²) in [5, 5.41) is 2.76. The molecule has 0 bridgehead atoms. The Kier molecular flexibility index (Phi) is 5.33. The molecule has 1 fully saturated rings. The van der Waals surface area contributed by atoms with Crippen molar-refractivity contribution in [2.45, 2.75) is 24.7 Å². The van der Waals surface area contributed by atoms with Gasteiger partial charge in [0.05, 0.1) is 6.61 Å². The van der Waals surface area contributed by atoms with Gasteiger partial charge in [0.1, 0.15) is 10.6 Å². The van der Waals surface area contributed by atoms with Crippen molar-refractivity contribution < 1.29 is 27.4 Å². The summed E-state index contributed by atoms with van der Waals surface area (Å²) >= 11 is 0. The summed E-state index contributed by atoms with van der Waals surface area (Å²) in [4.78, 5) is 12.8. The van der Waals surface area contributed by atoms with Crippen molar-refractivity contribution in [3.63, 3.8) is 0 Å². The molecule has 29 heavy (non-hydrogen) atoms. The molecule has 2 aliphatic rings. The Bertz CT molecular complexity index is 1030. The molecule has 1 N–H and O–H groups in total. The van der Waals surface area contributed by atoms with Crippen molar-refractivity contribution in [1.82, 2.24) is 4.31 Å². The third kappa shape index (κ3) is 3.88. The Labute approximate surface area is 169 Å². The van der Waals surface area contributed by atoms with E-state index in [1.807, 2.05) is 0 Å². The fourth-order valence-electron chi connectivity index (χ4n) is 3.37. The summed E-state index contributed by atoms with van der Waals surface area (Å²) < 4.78 is 43.7. The normalized spacial score (nSPS) is 16.0. The van der Waals surface area contributed by atoms with Gasteiger partial charge in [0.25, 0.3) is 5.91 Å². The van der Waals surface area contributed by atoms with Crippen LogP contribution in [0.2, 0.25) is 0 Å². The summed E-state index contributed by atoms with van der Waals surface area (Å²) in [5.74, 6) is 0.985. The molecule has 0 radical (unpaired) electrons. The number of benzene rings is 2. The fraction of sp³-hybridized carbons (Fsp3) is 0.350. The first-order valence-electron chi connectivity index (χ1n) is 9.47. The Balaban J connectivity index is 1.62. The molecular weight excluding hydrogens is 396 g/mol. The Morgan fingerprint density at radius 3 is 2.62 bits per heavy atom. The van der Waals surface area contributed by atoms with Crippen LogP contribution in [-0.4, -0.2) is 45.1 Å². The van der Waals surface area contributed by atoms with Crippen LogP contribution in [0.4, 0.5) is 5.69 Å². The Morgan fingerprint density at radius 2 is 1.86 bits per heavy atom. The summed E-state index contributed by atoms with van der Waals surface area (Å²) in [5.41, 5.74) is 0.751. The van der Waals surface area contributed by atoms with Gasteiger partial charge in [-0.05, 0) is 50.1 Å². The van der Waals surface area contributed by atoms with Crippen molar-refractivity contribution in [3.8, 4) is 17.2 Å². The highest BCUT2D eigenvalue weighted by atomic mass is 32.2. The first-order chi connectivity index (χ1) is 14.0. The molecule has 4 rings (SSSR count). The van der Waals surface area contributed by atoms with Crippen LogP contribution in [0.15, 0.2) is 41.3 Å². The van der Waals surface area contributed by atoms with Crippen molar-refractivity contribution >= 4 is 21.6 Å². The summed E-state index contributed by atoms with van der Waals surface area (Å²) in [6.07, 6.45) is 1.65. The minimum absolute atomic E-state index is 0.0135. The zero-order chi connectivity index (χ0) is 20.4. The number of nitrogens with one attached hydrogen (secondary N) is 1. The average Bonchev–Trinajstić information content (AvgIpc) is 3.40. The van der Waals surface area contributed by atoms with E-state index in [-0.39, 0.29) is 23.0 Å². The maximum atomic E-state index is 13.1. The lowest BCUT2D eigenvalue weighted by Crippen LogP contribution is -2.28. The minimum Gasteiger partial charge on any atom is -0.492 e. The standard InChI is InChI=1S/C20H22N2O6S/c1-2-26-17-7-5-14(11-19(17)29(24,25)22-9-3-4-10-22)20(23)21-15-6-8-16-18(12-15)28-13-27-16/h5-8,11-12H,2-4,9-10,13H2,1H3,(H,21,23). The monoisotopic (exact) mass is 418 g/mol. The zero-order valence-electron chi connectivity index (χ0n) is 16.0. The van der Waals surface area contributed by atoms with Crippen LogP contribution in [0.1, 0.15) is 30.1 Å². The van der Waals surface area contributed by atoms with Crippen molar-refractivity contribution in [2.75, 3.05) is 31.8 Å². The molecule has 2 aliphatic heterocycles. The second-order valence-electron chi connectivity index (χ2n) is 6.73. The molecule has 2 aromatic rings. The van der Waals surface area contributed by atoms with Crippen LogP contribution in [0.3, 0.4) is 0 Å². The quantitative estimate of drug-likeness (QED) is 0.775. The number of anilines is 1. The predicted molar refractivity (Wildman–Crippen MR) is 106 cm³/mol. The van der Waals surface area contributed by atoms with Gasteiger partial charge in [-0.1, -0.05) is 0 Å². The van der Waals surface area contributed by atoms with E-state index in [0.29, 0.717) is 36.9 Å². The van der Waals surface area contributed by atoms with Gasteiger partial charge < -0.3 is 19.5 Å². The smallest absolute Gasteiger partial charge is 0.255 e. The molecular formula is C20H22N2O6S. The number of amides is 1. The van der Waals surface area contributed by atoms with E-state index in [9.17, 15) is 13.2 Å². The molecule has 8 nitrogen and oxygen atoms in total. The highest BCUT2D eigenvalue weighted by Crippen LogP contribution is 2.35. The summed E-state index contributed by atoms with van der Waals surface area (Å²) in [6, 6.07) is 9.52. The molecule has 0 saturated carbocycles. The Morgan fingerprint density at radius 1 is 1.10 bits per heavy atom. The number of hydrogen-bond donors (Lipinski definition) is 1. The second-order valence-corrected chi connectivity index (χ2v) is 8.63. The highest BCUT2D eigenvalue weighted by molar-refractivity contribution is 7.89. The second kappa shape index (κ2) is 7.92. The van der Waals surface area contributed by atoms with Gasteiger partial charge >= 0.3 is 0 Å². The fourth-order valence-corrected chi connectivity index (χ4v) is 5.04. The highest BCUT2D eigenvalue weighted by Gasteiger charge is 2.31. The van der Waals surface area contributed by atoms with E-state index >= 15 is 0 Å². The van der Waals surface area contributed by atoms with Crippen molar-refractivity contribution in [3.05, 3.63) is 42.0 Å². The van der Waals surface area contributed by atoms with Gasteiger partial charge in [0.2, 0.25) is 16.8 Å². The van der Waals surface area contributed by atoms with Gasteiger partial charge in [-0.15, -0.1) is 0 Å². The lowest BCUT2D eigenvalue weighted by molar-refractivity contribution is 0.102. The van der Waals surface area contributed by atoms with E-state index in [2.05, 4.69) is 5.32 Å². The van der Waals surface area contributed by atoms with Crippen LogP contribution >= 0.6 is 0 Å². The van der Waals surface area contributed by atoms with Crippen LogP contribution in [0.25, 0.3) is 0 Å². The van der Waals surface area contributed by atoms with Gasteiger partial charge in [0, 0.05) is 30.4 Å². The van der Waals surface area contributed by atoms with Gasteiger partial charge in [-0.25, -0.2) is 8.42 Å². The first kappa shape index (κ1) is 19.5. The number of carbonyl (C=O) groups excluding carboxylic acids is 1. The van der Waals surface area contributed by atoms with E-state index in [1.54, 1.807) is 31.2 Å². The third-order valence-electron chi connectivity index (χ3n) is 4.82. The van der Waals surface area contributed by atoms with E-state index in [1.165, 1.54) is 16.4 Å². The number of carbonyl (C=O) groups is 1. The largest absolute Gasteiger partial charge is 0.492 e. The topological polar surface area (TPSA) is 94.2 Å². The van der Waals surface area contributed by atoms with Gasteiger partial charge in [-0.3, -0.25) is 4.79 Å². The number of hydrogen-bond acceptors (Lipinski definition) is 6.